The monoisotopic (exact) mass is 346 g/mol. The highest BCUT2D eigenvalue weighted by Gasteiger charge is 2.42. The Morgan fingerprint density at radius 1 is 0.667 bits per heavy atom. The minimum Gasteiger partial charge on any atom is -0.381 e. The molecule has 1 unspecified atom stereocenters. The summed E-state index contributed by atoms with van der Waals surface area (Å²) in [5, 5.41) is 0. The Balaban J connectivity index is 4.74. The van der Waals surface area contributed by atoms with E-state index in [9.17, 15) is 0 Å². The Bertz CT molecular complexity index is 241. The molecule has 4 heteroatoms. The van der Waals surface area contributed by atoms with Gasteiger partial charge in [0.05, 0.1) is 12.5 Å². The lowest BCUT2D eigenvalue weighted by Gasteiger charge is -2.39. The smallest absolute Gasteiger partial charge is 0.288 e. The highest BCUT2D eigenvalue weighted by atomic mass is 16.9. The largest absolute Gasteiger partial charge is 0.381 e. The number of hydrogen-bond donors (Lipinski definition) is 0. The van der Waals surface area contributed by atoms with Crippen molar-refractivity contribution in [3.05, 3.63) is 0 Å². The molecule has 0 bridgehead atoms. The second-order valence-electron chi connectivity index (χ2n) is 6.23. The van der Waals surface area contributed by atoms with Crippen molar-refractivity contribution < 1.29 is 18.9 Å². The molecule has 0 heterocycles. The highest BCUT2D eigenvalue weighted by Crippen LogP contribution is 2.31. The Kier molecular flexibility index (Phi) is 16.2. The molecule has 0 aromatic carbocycles. The first-order chi connectivity index (χ1) is 11.7. The lowest BCUT2D eigenvalue weighted by Crippen LogP contribution is -2.48. The topological polar surface area (TPSA) is 36.9 Å². The summed E-state index contributed by atoms with van der Waals surface area (Å²) in [7, 11) is 0. The first-order valence-corrected chi connectivity index (χ1v) is 10.2. The fourth-order valence-corrected chi connectivity index (χ4v) is 2.99. The van der Waals surface area contributed by atoms with Crippen LogP contribution in [0.15, 0.2) is 0 Å². The van der Waals surface area contributed by atoms with E-state index in [1.54, 1.807) is 0 Å². The minimum atomic E-state index is -0.963. The van der Waals surface area contributed by atoms with Crippen LogP contribution >= 0.6 is 0 Å². The molecule has 0 aromatic heterocycles. The molecule has 4 nitrogen and oxygen atoms in total. The number of unbranched alkanes of at least 4 members (excludes halogenated alkanes) is 5. The molecule has 146 valence electrons. The van der Waals surface area contributed by atoms with E-state index in [0.717, 1.165) is 19.4 Å². The first kappa shape index (κ1) is 23.8. The van der Waals surface area contributed by atoms with Gasteiger partial charge in [0, 0.05) is 26.4 Å². The SMILES string of the molecule is CCCCCCCCC(COCCC)C(OCC)(OCC)OCC. The van der Waals surface area contributed by atoms with Gasteiger partial charge in [0.25, 0.3) is 5.97 Å². The van der Waals surface area contributed by atoms with Gasteiger partial charge in [-0.1, -0.05) is 52.4 Å². The molecule has 0 aliphatic heterocycles. The van der Waals surface area contributed by atoms with Gasteiger partial charge < -0.3 is 18.9 Å². The highest BCUT2D eigenvalue weighted by molar-refractivity contribution is 4.72. The van der Waals surface area contributed by atoms with E-state index in [1.165, 1.54) is 38.5 Å². The van der Waals surface area contributed by atoms with Crippen LogP contribution in [-0.2, 0) is 18.9 Å². The number of ether oxygens (including phenoxy) is 4. The maximum Gasteiger partial charge on any atom is 0.288 e. The third-order valence-corrected chi connectivity index (χ3v) is 4.11. The van der Waals surface area contributed by atoms with E-state index in [4.69, 9.17) is 18.9 Å². The molecule has 0 spiro atoms. The van der Waals surface area contributed by atoms with Crippen molar-refractivity contribution in [3.8, 4) is 0 Å². The van der Waals surface area contributed by atoms with Gasteiger partial charge in [0.15, 0.2) is 0 Å². The van der Waals surface area contributed by atoms with Crippen molar-refractivity contribution in [1.29, 1.82) is 0 Å². The van der Waals surface area contributed by atoms with Crippen molar-refractivity contribution in [2.24, 2.45) is 5.92 Å². The number of hydrogen-bond acceptors (Lipinski definition) is 4. The normalized spacial score (nSPS) is 13.4. The van der Waals surface area contributed by atoms with Crippen LogP contribution in [0.4, 0.5) is 0 Å². The van der Waals surface area contributed by atoms with E-state index in [1.807, 2.05) is 20.8 Å². The third kappa shape index (κ3) is 9.97. The molecule has 0 saturated heterocycles. The molecule has 0 aliphatic carbocycles. The molecule has 1 atom stereocenters. The van der Waals surface area contributed by atoms with Crippen LogP contribution in [0.5, 0.6) is 0 Å². The quantitative estimate of drug-likeness (QED) is 0.241. The van der Waals surface area contributed by atoms with Crippen molar-refractivity contribution in [2.75, 3.05) is 33.0 Å². The van der Waals surface area contributed by atoms with Gasteiger partial charge in [-0.05, 0) is 33.6 Å². The van der Waals surface area contributed by atoms with E-state index in [0.29, 0.717) is 26.4 Å². The molecule has 0 saturated carbocycles. The first-order valence-electron chi connectivity index (χ1n) is 10.2. The predicted molar refractivity (Wildman–Crippen MR) is 100 cm³/mol. The fourth-order valence-electron chi connectivity index (χ4n) is 2.99. The van der Waals surface area contributed by atoms with Gasteiger partial charge in [-0.25, -0.2) is 0 Å². The Morgan fingerprint density at radius 2 is 1.21 bits per heavy atom. The molecule has 0 N–H and O–H groups in total. The van der Waals surface area contributed by atoms with Crippen molar-refractivity contribution in [1.82, 2.24) is 0 Å². The summed E-state index contributed by atoms with van der Waals surface area (Å²) in [6.07, 6.45) is 9.72. The van der Waals surface area contributed by atoms with E-state index < -0.39 is 5.97 Å². The minimum absolute atomic E-state index is 0.107. The van der Waals surface area contributed by atoms with Crippen LogP contribution in [0.25, 0.3) is 0 Å². The summed E-state index contributed by atoms with van der Waals surface area (Å²) >= 11 is 0. The lowest BCUT2D eigenvalue weighted by molar-refractivity contribution is -0.405. The van der Waals surface area contributed by atoms with E-state index in [-0.39, 0.29) is 5.92 Å². The van der Waals surface area contributed by atoms with Gasteiger partial charge in [-0.3, -0.25) is 0 Å². The van der Waals surface area contributed by atoms with Gasteiger partial charge >= 0.3 is 0 Å². The molecule has 0 aromatic rings. The standard InChI is InChI=1S/C20H42O4/c1-6-11-12-13-14-15-16-19(18-21-17-7-2)20(22-8-3,23-9-4)24-10-5/h19H,6-18H2,1-5H3. The molecule has 0 amide bonds. The summed E-state index contributed by atoms with van der Waals surface area (Å²) in [6, 6.07) is 0. The maximum atomic E-state index is 5.97. The average Bonchev–Trinajstić information content (AvgIpc) is 2.57. The number of rotatable bonds is 18. The molecular formula is C20H42O4. The van der Waals surface area contributed by atoms with Crippen LogP contribution in [0.2, 0.25) is 0 Å². The summed E-state index contributed by atoms with van der Waals surface area (Å²) < 4.78 is 23.8. The van der Waals surface area contributed by atoms with Crippen molar-refractivity contribution in [3.63, 3.8) is 0 Å². The summed E-state index contributed by atoms with van der Waals surface area (Å²) in [6.45, 7) is 13.5. The van der Waals surface area contributed by atoms with Crippen LogP contribution in [0.1, 0.15) is 86.0 Å². The zero-order valence-corrected chi connectivity index (χ0v) is 16.9. The molecule has 0 fully saturated rings. The van der Waals surface area contributed by atoms with Gasteiger partial charge in [-0.2, -0.15) is 0 Å². The van der Waals surface area contributed by atoms with Crippen molar-refractivity contribution >= 4 is 0 Å². The Morgan fingerprint density at radius 3 is 1.71 bits per heavy atom. The van der Waals surface area contributed by atoms with Gasteiger partial charge in [-0.15, -0.1) is 0 Å². The molecule has 0 radical (unpaired) electrons. The van der Waals surface area contributed by atoms with Crippen LogP contribution < -0.4 is 0 Å². The van der Waals surface area contributed by atoms with Crippen molar-refractivity contribution in [2.45, 2.75) is 92.0 Å². The Hall–Kier alpha value is -0.160. The van der Waals surface area contributed by atoms with E-state index >= 15 is 0 Å². The second kappa shape index (κ2) is 16.3. The average molecular weight is 347 g/mol. The van der Waals surface area contributed by atoms with Crippen LogP contribution in [-0.4, -0.2) is 39.0 Å². The van der Waals surface area contributed by atoms with Gasteiger partial charge in [0.1, 0.15) is 0 Å². The van der Waals surface area contributed by atoms with Gasteiger partial charge in [0.2, 0.25) is 0 Å². The summed E-state index contributed by atoms with van der Waals surface area (Å²) in [4.78, 5) is 0. The molecule has 0 aliphatic rings. The lowest BCUT2D eigenvalue weighted by atomic mass is 9.98. The summed E-state index contributed by atoms with van der Waals surface area (Å²) in [5.41, 5.74) is 0. The Labute approximate surface area is 150 Å². The second-order valence-corrected chi connectivity index (χ2v) is 6.23. The third-order valence-electron chi connectivity index (χ3n) is 4.11. The predicted octanol–water partition coefficient (Wildman–Crippen LogP) is 5.54. The fraction of sp³-hybridized carbons (Fsp3) is 1.00. The zero-order chi connectivity index (χ0) is 18.1. The summed E-state index contributed by atoms with van der Waals surface area (Å²) in [5.74, 6) is -0.856. The maximum absolute atomic E-state index is 5.97. The molecule has 24 heavy (non-hydrogen) atoms. The zero-order valence-electron chi connectivity index (χ0n) is 16.9. The van der Waals surface area contributed by atoms with Crippen LogP contribution in [0.3, 0.4) is 0 Å². The molecule has 0 rings (SSSR count). The van der Waals surface area contributed by atoms with Crippen LogP contribution in [0, 0.1) is 5.92 Å². The molecular weight excluding hydrogens is 304 g/mol. The van der Waals surface area contributed by atoms with E-state index in [2.05, 4.69) is 13.8 Å².